The number of hydrogen-bond acceptors (Lipinski definition) is 4. The molecule has 1 unspecified atom stereocenters. The zero-order chi connectivity index (χ0) is 17.6. The summed E-state index contributed by atoms with van der Waals surface area (Å²) >= 11 is 0. The smallest absolute Gasteiger partial charge is 0.268 e. The number of hydrogen-bond donors (Lipinski definition) is 1. The summed E-state index contributed by atoms with van der Waals surface area (Å²) in [5.74, 6) is 0.471. The number of aryl methyl sites for hydroxylation is 1. The largest absolute Gasteiger partial charge is 0.490 e. The van der Waals surface area contributed by atoms with Gasteiger partial charge in [-0.2, -0.15) is 5.10 Å². The van der Waals surface area contributed by atoms with Crippen molar-refractivity contribution in [1.29, 1.82) is 0 Å². The Balaban J connectivity index is 1.53. The number of likely N-dealkylation sites (tertiary alicyclic amines) is 1. The first kappa shape index (κ1) is 17.6. The van der Waals surface area contributed by atoms with Crippen LogP contribution >= 0.6 is 0 Å². The van der Waals surface area contributed by atoms with E-state index in [1.165, 1.54) is 6.07 Å². The highest BCUT2D eigenvalue weighted by atomic mass is 19.1. The Morgan fingerprint density at radius 3 is 3.00 bits per heavy atom. The van der Waals surface area contributed by atoms with Crippen LogP contribution in [-0.2, 0) is 6.54 Å². The topological polar surface area (TPSA) is 58.2 Å². The van der Waals surface area contributed by atoms with E-state index in [-0.39, 0.29) is 11.4 Å². The minimum Gasteiger partial charge on any atom is -0.490 e. The van der Waals surface area contributed by atoms with Crippen molar-refractivity contribution in [2.45, 2.75) is 32.7 Å². The molecule has 1 aromatic carbocycles. The number of benzene rings is 1. The molecule has 5 nitrogen and oxygen atoms in total. The summed E-state index contributed by atoms with van der Waals surface area (Å²) in [7, 11) is 0. The monoisotopic (exact) mass is 345 g/mol. The molecular weight excluding hydrogens is 321 g/mol. The van der Waals surface area contributed by atoms with Gasteiger partial charge in [0.25, 0.3) is 5.56 Å². The maximum Gasteiger partial charge on any atom is 0.268 e. The van der Waals surface area contributed by atoms with E-state index < -0.39 is 0 Å². The van der Waals surface area contributed by atoms with Gasteiger partial charge in [0.2, 0.25) is 0 Å². The average molecular weight is 345 g/mol. The van der Waals surface area contributed by atoms with Crippen molar-refractivity contribution in [2.75, 3.05) is 19.7 Å². The molecule has 1 aliphatic rings. The van der Waals surface area contributed by atoms with Crippen LogP contribution in [0.2, 0.25) is 0 Å². The summed E-state index contributed by atoms with van der Waals surface area (Å²) in [5.41, 5.74) is 1.44. The Bertz CT molecular complexity index is 742. The third-order valence-corrected chi connectivity index (χ3v) is 4.77. The van der Waals surface area contributed by atoms with E-state index >= 15 is 0 Å². The highest BCUT2D eigenvalue weighted by molar-refractivity contribution is 5.33. The molecule has 3 rings (SSSR count). The van der Waals surface area contributed by atoms with Gasteiger partial charge in [-0.25, -0.2) is 9.49 Å². The fourth-order valence-corrected chi connectivity index (χ4v) is 3.29. The predicted molar refractivity (Wildman–Crippen MR) is 94.1 cm³/mol. The molecule has 1 fully saturated rings. The van der Waals surface area contributed by atoms with Crippen molar-refractivity contribution < 1.29 is 9.13 Å². The molecule has 2 aromatic rings. The van der Waals surface area contributed by atoms with E-state index in [4.69, 9.17) is 4.74 Å². The standard InChI is InChI=1S/C19H24FN3O2/c1-14-4-2-6-17(20)18(14)25-13-15-5-3-10-23(11-8-15)12-16-7-9-21-22-19(16)24/h2,4,6-7,9,15H,3,5,8,10-13H2,1H3,(H,22,24). The van der Waals surface area contributed by atoms with Gasteiger partial charge in [-0.3, -0.25) is 9.69 Å². The first-order valence-corrected chi connectivity index (χ1v) is 8.76. The van der Waals surface area contributed by atoms with E-state index in [0.29, 0.717) is 24.8 Å². The Kier molecular flexibility index (Phi) is 5.81. The number of rotatable bonds is 5. The summed E-state index contributed by atoms with van der Waals surface area (Å²) in [6.07, 6.45) is 4.70. The van der Waals surface area contributed by atoms with Crippen LogP contribution in [-0.4, -0.2) is 34.8 Å². The number of nitrogens with zero attached hydrogens (tertiary/aromatic N) is 2. The Morgan fingerprint density at radius 2 is 2.20 bits per heavy atom. The van der Waals surface area contributed by atoms with Gasteiger partial charge in [-0.15, -0.1) is 0 Å². The molecule has 1 aliphatic heterocycles. The number of halogens is 1. The summed E-state index contributed by atoms with van der Waals surface area (Å²) in [6.45, 7) is 4.89. The van der Waals surface area contributed by atoms with Crippen molar-refractivity contribution in [1.82, 2.24) is 15.1 Å². The molecule has 0 radical (unpaired) electrons. The minimum absolute atomic E-state index is 0.123. The van der Waals surface area contributed by atoms with Crippen molar-refractivity contribution in [3.8, 4) is 5.75 Å². The van der Waals surface area contributed by atoms with Gasteiger partial charge in [-0.1, -0.05) is 12.1 Å². The lowest BCUT2D eigenvalue weighted by molar-refractivity contribution is 0.217. The Morgan fingerprint density at radius 1 is 1.32 bits per heavy atom. The van der Waals surface area contributed by atoms with Crippen molar-refractivity contribution in [3.63, 3.8) is 0 Å². The molecule has 0 amide bonds. The second-order valence-electron chi connectivity index (χ2n) is 6.68. The maximum atomic E-state index is 13.9. The van der Waals surface area contributed by atoms with E-state index in [1.807, 2.05) is 13.0 Å². The maximum absolute atomic E-state index is 13.9. The number of aromatic amines is 1. The van der Waals surface area contributed by atoms with Crippen LogP contribution in [0.25, 0.3) is 0 Å². The van der Waals surface area contributed by atoms with Crippen LogP contribution in [0, 0.1) is 18.7 Å². The first-order chi connectivity index (χ1) is 12.1. The second kappa shape index (κ2) is 8.25. The highest BCUT2D eigenvalue weighted by Crippen LogP contribution is 2.25. The fourth-order valence-electron chi connectivity index (χ4n) is 3.29. The third kappa shape index (κ3) is 4.66. The number of aromatic nitrogens is 2. The van der Waals surface area contributed by atoms with Gasteiger partial charge in [0.05, 0.1) is 6.61 Å². The summed E-state index contributed by atoms with van der Waals surface area (Å²) in [4.78, 5) is 14.1. The van der Waals surface area contributed by atoms with Crippen LogP contribution < -0.4 is 10.3 Å². The van der Waals surface area contributed by atoms with E-state index in [0.717, 1.165) is 43.5 Å². The van der Waals surface area contributed by atoms with Gasteiger partial charge >= 0.3 is 0 Å². The highest BCUT2D eigenvalue weighted by Gasteiger charge is 2.19. The summed E-state index contributed by atoms with van der Waals surface area (Å²) in [6, 6.07) is 6.76. The predicted octanol–water partition coefficient (Wildman–Crippen LogP) is 2.90. The molecule has 134 valence electrons. The molecule has 6 heteroatoms. The van der Waals surface area contributed by atoms with Crippen LogP contribution in [0.15, 0.2) is 35.3 Å². The minimum atomic E-state index is -0.299. The fraction of sp³-hybridized carbons (Fsp3) is 0.474. The SMILES string of the molecule is Cc1cccc(F)c1OCC1CCCN(Cc2ccn[nH]c2=O)CC1. The van der Waals surface area contributed by atoms with E-state index in [2.05, 4.69) is 15.1 Å². The number of nitrogens with one attached hydrogen (secondary N) is 1. The molecular formula is C19H24FN3O2. The van der Waals surface area contributed by atoms with Crippen LogP contribution in [0.5, 0.6) is 5.75 Å². The molecule has 25 heavy (non-hydrogen) atoms. The van der Waals surface area contributed by atoms with E-state index in [9.17, 15) is 9.18 Å². The van der Waals surface area contributed by atoms with Gasteiger partial charge in [0.1, 0.15) is 0 Å². The van der Waals surface area contributed by atoms with Gasteiger partial charge in [0, 0.05) is 18.3 Å². The Labute approximate surface area is 146 Å². The second-order valence-corrected chi connectivity index (χ2v) is 6.68. The quantitative estimate of drug-likeness (QED) is 0.905. The lowest BCUT2D eigenvalue weighted by Crippen LogP contribution is -2.28. The molecule has 0 aliphatic carbocycles. The lowest BCUT2D eigenvalue weighted by atomic mass is 10.0. The third-order valence-electron chi connectivity index (χ3n) is 4.77. The molecule has 1 atom stereocenters. The lowest BCUT2D eigenvalue weighted by Gasteiger charge is -2.20. The van der Waals surface area contributed by atoms with Gasteiger partial charge in [0.15, 0.2) is 11.6 Å². The molecule has 2 heterocycles. The summed E-state index contributed by atoms with van der Waals surface area (Å²) in [5, 5.41) is 6.21. The number of H-pyrrole nitrogens is 1. The van der Waals surface area contributed by atoms with Crippen LogP contribution in [0.4, 0.5) is 4.39 Å². The zero-order valence-corrected chi connectivity index (χ0v) is 14.5. The van der Waals surface area contributed by atoms with Gasteiger partial charge in [-0.05, 0) is 62.9 Å². The number of ether oxygens (including phenoxy) is 1. The normalized spacial score (nSPS) is 18.7. The van der Waals surface area contributed by atoms with Crippen molar-refractivity contribution in [3.05, 3.63) is 57.8 Å². The molecule has 1 N–H and O–H groups in total. The molecule has 0 bridgehead atoms. The van der Waals surface area contributed by atoms with Crippen LogP contribution in [0.3, 0.4) is 0 Å². The van der Waals surface area contributed by atoms with Crippen molar-refractivity contribution in [2.24, 2.45) is 5.92 Å². The number of para-hydroxylation sites is 1. The van der Waals surface area contributed by atoms with Gasteiger partial charge < -0.3 is 4.74 Å². The summed E-state index contributed by atoms with van der Waals surface area (Å²) < 4.78 is 19.6. The van der Waals surface area contributed by atoms with E-state index in [1.54, 1.807) is 18.3 Å². The van der Waals surface area contributed by atoms with Crippen molar-refractivity contribution >= 4 is 0 Å². The molecule has 1 aromatic heterocycles. The first-order valence-electron chi connectivity index (χ1n) is 8.76. The molecule has 1 saturated heterocycles. The van der Waals surface area contributed by atoms with Crippen LogP contribution in [0.1, 0.15) is 30.4 Å². The molecule has 0 saturated carbocycles. The zero-order valence-electron chi connectivity index (χ0n) is 14.5. The Hall–Kier alpha value is -2.21. The molecule has 0 spiro atoms. The average Bonchev–Trinajstić information content (AvgIpc) is 2.82.